The minimum absolute atomic E-state index is 0.0142. The van der Waals surface area contributed by atoms with Gasteiger partial charge in [-0.25, -0.2) is 0 Å². The van der Waals surface area contributed by atoms with Gasteiger partial charge in [-0.05, 0) is 43.9 Å². The number of ketones is 2. The van der Waals surface area contributed by atoms with Crippen LogP contribution in [0.5, 0.6) is 0 Å². The van der Waals surface area contributed by atoms with E-state index >= 15 is 0 Å². The number of hydrogen-bond acceptors (Lipinski definition) is 4. The van der Waals surface area contributed by atoms with E-state index in [-0.39, 0.29) is 11.6 Å². The van der Waals surface area contributed by atoms with Gasteiger partial charge < -0.3 is 10.2 Å². The number of hydrogen-bond donors (Lipinski definition) is 1. The molecule has 0 radical (unpaired) electrons. The fraction of sp³-hybridized carbons (Fsp3) is 0.304. The molecule has 4 heteroatoms. The topological polar surface area (TPSA) is 49.4 Å². The lowest BCUT2D eigenvalue weighted by Crippen LogP contribution is -2.20. The molecule has 0 saturated carbocycles. The number of allylic oxidation sites excluding steroid dienone is 2. The Balaban J connectivity index is 1.68. The number of nitrogens with one attached hydrogen (secondary N) is 1. The van der Waals surface area contributed by atoms with Gasteiger partial charge in [0, 0.05) is 42.4 Å². The molecule has 0 spiro atoms. The smallest absolute Gasteiger partial charge is 0.193 e. The Morgan fingerprint density at radius 1 is 0.889 bits per heavy atom. The molecule has 2 aromatic rings. The minimum Gasteiger partial charge on any atom is -0.370 e. The maximum absolute atomic E-state index is 12.9. The van der Waals surface area contributed by atoms with Gasteiger partial charge in [-0.15, -0.1) is 0 Å². The van der Waals surface area contributed by atoms with Gasteiger partial charge in [-0.2, -0.15) is 0 Å². The standard InChI is InChI=1S/C23H24N2O2/c26-20-10-6-9-19(16-20)24-21-15-18(23(27)17-7-2-1-3-8-17)11-12-22(21)25-13-4-5-14-25/h1-3,7-8,11-12,15-16,24H,4-6,9-10,13-14H2. The first kappa shape index (κ1) is 17.5. The summed E-state index contributed by atoms with van der Waals surface area (Å²) in [6.45, 7) is 2.05. The quantitative estimate of drug-likeness (QED) is 0.794. The van der Waals surface area contributed by atoms with Crippen LogP contribution < -0.4 is 10.2 Å². The Morgan fingerprint density at radius 2 is 1.67 bits per heavy atom. The molecule has 0 amide bonds. The summed E-state index contributed by atoms with van der Waals surface area (Å²) >= 11 is 0. The summed E-state index contributed by atoms with van der Waals surface area (Å²) in [4.78, 5) is 27.0. The lowest BCUT2D eigenvalue weighted by molar-refractivity contribution is -0.115. The summed E-state index contributed by atoms with van der Waals surface area (Å²) in [5.74, 6) is 0.184. The van der Waals surface area contributed by atoms with Crippen LogP contribution in [0.4, 0.5) is 11.4 Å². The van der Waals surface area contributed by atoms with Crippen LogP contribution in [-0.2, 0) is 4.79 Å². The van der Waals surface area contributed by atoms with Crippen LogP contribution in [0.3, 0.4) is 0 Å². The molecule has 4 rings (SSSR count). The third kappa shape index (κ3) is 3.95. The molecule has 1 heterocycles. The molecule has 1 fully saturated rings. The number of carbonyl (C=O) groups is 2. The molecule has 2 aliphatic rings. The Hall–Kier alpha value is -2.88. The van der Waals surface area contributed by atoms with E-state index in [0.717, 1.165) is 43.0 Å². The molecule has 0 bridgehead atoms. The molecule has 4 nitrogen and oxygen atoms in total. The summed E-state index contributed by atoms with van der Waals surface area (Å²) in [7, 11) is 0. The third-order valence-electron chi connectivity index (χ3n) is 5.24. The second kappa shape index (κ2) is 7.78. The average Bonchev–Trinajstić information content (AvgIpc) is 3.23. The predicted octanol–water partition coefficient (Wildman–Crippen LogP) is 4.57. The Morgan fingerprint density at radius 3 is 2.41 bits per heavy atom. The fourth-order valence-corrected chi connectivity index (χ4v) is 3.83. The van der Waals surface area contributed by atoms with Crippen LogP contribution in [0.25, 0.3) is 0 Å². The summed E-state index contributed by atoms with van der Waals surface area (Å²) in [5.41, 5.74) is 4.31. The molecule has 2 aromatic carbocycles. The highest BCUT2D eigenvalue weighted by Gasteiger charge is 2.19. The molecule has 0 unspecified atom stereocenters. The van der Waals surface area contributed by atoms with Crippen LogP contribution in [0, 0.1) is 0 Å². The molecule has 1 aliphatic heterocycles. The highest BCUT2D eigenvalue weighted by Crippen LogP contribution is 2.32. The zero-order valence-corrected chi connectivity index (χ0v) is 15.4. The monoisotopic (exact) mass is 360 g/mol. The normalized spacial score (nSPS) is 17.0. The van der Waals surface area contributed by atoms with Crippen LogP contribution in [0.15, 0.2) is 60.3 Å². The van der Waals surface area contributed by atoms with E-state index in [1.165, 1.54) is 12.8 Å². The maximum Gasteiger partial charge on any atom is 0.193 e. The first-order valence-corrected chi connectivity index (χ1v) is 9.70. The fourth-order valence-electron chi connectivity index (χ4n) is 3.83. The van der Waals surface area contributed by atoms with Crippen molar-refractivity contribution in [3.8, 4) is 0 Å². The van der Waals surface area contributed by atoms with Gasteiger partial charge in [0.15, 0.2) is 11.6 Å². The second-order valence-electron chi connectivity index (χ2n) is 7.24. The number of benzene rings is 2. The molecule has 138 valence electrons. The van der Waals surface area contributed by atoms with Gasteiger partial charge in [0.05, 0.1) is 11.4 Å². The van der Waals surface area contributed by atoms with E-state index in [1.54, 1.807) is 6.08 Å². The van der Waals surface area contributed by atoms with E-state index in [1.807, 2.05) is 48.5 Å². The Bertz CT molecular complexity index is 881. The van der Waals surface area contributed by atoms with Crippen molar-refractivity contribution in [2.45, 2.75) is 32.1 Å². The largest absolute Gasteiger partial charge is 0.370 e. The zero-order chi connectivity index (χ0) is 18.6. The van der Waals surface area contributed by atoms with Gasteiger partial charge in [0.25, 0.3) is 0 Å². The number of rotatable bonds is 5. The highest BCUT2D eigenvalue weighted by atomic mass is 16.1. The predicted molar refractivity (Wildman–Crippen MR) is 108 cm³/mol. The van der Waals surface area contributed by atoms with E-state index < -0.39 is 0 Å². The summed E-state index contributed by atoms with van der Waals surface area (Å²) < 4.78 is 0. The van der Waals surface area contributed by atoms with Crippen molar-refractivity contribution in [3.63, 3.8) is 0 Å². The third-order valence-corrected chi connectivity index (χ3v) is 5.24. The van der Waals surface area contributed by atoms with Crippen LogP contribution in [-0.4, -0.2) is 24.7 Å². The number of anilines is 2. The lowest BCUT2D eigenvalue weighted by Gasteiger charge is -2.24. The van der Waals surface area contributed by atoms with Gasteiger partial charge >= 0.3 is 0 Å². The van der Waals surface area contributed by atoms with E-state index in [9.17, 15) is 9.59 Å². The molecular weight excluding hydrogens is 336 g/mol. The number of carbonyl (C=O) groups excluding carboxylic acids is 2. The highest BCUT2D eigenvalue weighted by molar-refractivity contribution is 6.10. The van der Waals surface area contributed by atoms with Crippen molar-refractivity contribution < 1.29 is 9.59 Å². The van der Waals surface area contributed by atoms with Crippen molar-refractivity contribution in [3.05, 3.63) is 71.4 Å². The molecule has 1 saturated heterocycles. The molecule has 0 atom stereocenters. The van der Waals surface area contributed by atoms with Crippen molar-refractivity contribution in [2.75, 3.05) is 23.3 Å². The summed E-state index contributed by atoms with van der Waals surface area (Å²) in [6, 6.07) is 15.2. The van der Waals surface area contributed by atoms with Gasteiger partial charge in [0.1, 0.15) is 0 Å². The van der Waals surface area contributed by atoms with Crippen LogP contribution >= 0.6 is 0 Å². The zero-order valence-electron chi connectivity index (χ0n) is 15.4. The molecule has 27 heavy (non-hydrogen) atoms. The number of nitrogens with zero attached hydrogens (tertiary/aromatic N) is 1. The van der Waals surface area contributed by atoms with Gasteiger partial charge in [0.2, 0.25) is 0 Å². The Labute approximate surface area is 159 Å². The second-order valence-corrected chi connectivity index (χ2v) is 7.24. The van der Waals surface area contributed by atoms with Crippen molar-refractivity contribution in [1.82, 2.24) is 0 Å². The first-order valence-electron chi connectivity index (χ1n) is 9.70. The van der Waals surface area contributed by atoms with Crippen molar-refractivity contribution in [2.24, 2.45) is 0 Å². The van der Waals surface area contributed by atoms with Crippen molar-refractivity contribution >= 4 is 22.9 Å². The maximum atomic E-state index is 12.9. The van der Waals surface area contributed by atoms with Gasteiger partial charge in [-0.3, -0.25) is 9.59 Å². The average molecular weight is 360 g/mol. The molecule has 1 N–H and O–H groups in total. The molecule has 0 aromatic heterocycles. The first-order chi connectivity index (χ1) is 13.2. The van der Waals surface area contributed by atoms with Crippen LogP contribution in [0.1, 0.15) is 48.0 Å². The van der Waals surface area contributed by atoms with Gasteiger partial charge in [-0.1, -0.05) is 30.3 Å². The van der Waals surface area contributed by atoms with E-state index in [0.29, 0.717) is 17.5 Å². The summed E-state index contributed by atoms with van der Waals surface area (Å²) in [5, 5.41) is 3.45. The molecule has 1 aliphatic carbocycles. The van der Waals surface area contributed by atoms with E-state index in [4.69, 9.17) is 0 Å². The SMILES string of the molecule is O=C1C=C(Nc2cc(C(=O)c3ccccc3)ccc2N2CCCC2)CCC1. The van der Waals surface area contributed by atoms with Crippen LogP contribution in [0.2, 0.25) is 0 Å². The Kier molecular flexibility index (Phi) is 5.05. The minimum atomic E-state index is 0.0142. The summed E-state index contributed by atoms with van der Waals surface area (Å²) in [6.07, 6.45) is 6.44. The lowest BCUT2D eigenvalue weighted by atomic mass is 10.0. The van der Waals surface area contributed by atoms with E-state index in [2.05, 4.69) is 10.2 Å². The molecular formula is C23H24N2O2. The van der Waals surface area contributed by atoms with Crippen molar-refractivity contribution in [1.29, 1.82) is 0 Å².